The number of aromatic nitrogens is 7. The first-order valence-corrected chi connectivity index (χ1v) is 10.3. The molecule has 0 saturated heterocycles. The third kappa shape index (κ3) is 2.77. The molecule has 31 heavy (non-hydrogen) atoms. The van der Waals surface area contributed by atoms with Gasteiger partial charge in [0, 0.05) is 22.0 Å². The Morgan fingerprint density at radius 2 is 2.00 bits per heavy atom. The van der Waals surface area contributed by atoms with Crippen molar-refractivity contribution in [2.24, 2.45) is 0 Å². The van der Waals surface area contributed by atoms with Gasteiger partial charge >= 0.3 is 0 Å². The number of Topliss-reactive ketones (excluding diaryl/α,β-unsaturated/α-hetero) is 1. The SMILES string of the molecule is Cc1[nH]ncc1-c1nc2ccc3[nH]nc(C(=O)Cc4nnco4)c3c2c2c1CCCC2. The summed E-state index contributed by atoms with van der Waals surface area (Å²) in [5.41, 5.74) is 7.58. The van der Waals surface area contributed by atoms with Crippen LogP contribution in [0.5, 0.6) is 0 Å². The molecule has 1 aliphatic carbocycles. The highest BCUT2D eigenvalue weighted by Crippen LogP contribution is 2.39. The molecule has 0 atom stereocenters. The molecule has 9 heteroatoms. The first kappa shape index (κ1) is 17.9. The Balaban J connectivity index is 1.62. The van der Waals surface area contributed by atoms with Crippen molar-refractivity contribution in [3.8, 4) is 11.3 Å². The van der Waals surface area contributed by atoms with Crippen molar-refractivity contribution in [1.82, 2.24) is 35.6 Å². The number of fused-ring (bicyclic) bond motifs is 5. The van der Waals surface area contributed by atoms with E-state index in [-0.39, 0.29) is 18.1 Å². The highest BCUT2D eigenvalue weighted by Gasteiger charge is 2.25. The fourth-order valence-corrected chi connectivity index (χ4v) is 4.64. The van der Waals surface area contributed by atoms with Gasteiger partial charge in [-0.25, -0.2) is 4.98 Å². The van der Waals surface area contributed by atoms with Crippen LogP contribution in [-0.2, 0) is 19.3 Å². The summed E-state index contributed by atoms with van der Waals surface area (Å²) in [5.74, 6) is 0.113. The van der Waals surface area contributed by atoms with E-state index >= 15 is 0 Å². The second kappa shape index (κ2) is 6.83. The Bertz CT molecular complexity index is 1450. The number of nitrogens with one attached hydrogen (secondary N) is 2. The predicted octanol–water partition coefficient (Wildman–Crippen LogP) is 3.50. The molecule has 1 aromatic carbocycles. The van der Waals surface area contributed by atoms with Crippen LogP contribution in [0.15, 0.2) is 29.1 Å². The predicted molar refractivity (Wildman–Crippen MR) is 113 cm³/mol. The Hall–Kier alpha value is -3.88. The first-order valence-electron chi connectivity index (χ1n) is 10.3. The molecule has 2 N–H and O–H groups in total. The Morgan fingerprint density at radius 1 is 1.13 bits per heavy atom. The van der Waals surface area contributed by atoms with Gasteiger partial charge in [0.05, 0.1) is 29.3 Å². The Labute approximate surface area is 176 Å². The third-order valence-electron chi connectivity index (χ3n) is 6.06. The summed E-state index contributed by atoms with van der Waals surface area (Å²) < 4.78 is 5.16. The highest BCUT2D eigenvalue weighted by molar-refractivity contribution is 6.17. The van der Waals surface area contributed by atoms with Gasteiger partial charge in [0.1, 0.15) is 5.69 Å². The lowest BCUT2D eigenvalue weighted by Gasteiger charge is -2.21. The number of pyridine rings is 1. The lowest BCUT2D eigenvalue weighted by Crippen LogP contribution is -2.09. The van der Waals surface area contributed by atoms with Crippen LogP contribution in [0.1, 0.15) is 46.0 Å². The summed E-state index contributed by atoms with van der Waals surface area (Å²) >= 11 is 0. The van der Waals surface area contributed by atoms with Crippen LogP contribution < -0.4 is 0 Å². The number of hydrogen-bond donors (Lipinski definition) is 2. The van der Waals surface area contributed by atoms with Crippen molar-refractivity contribution in [3.63, 3.8) is 0 Å². The molecule has 4 aromatic heterocycles. The monoisotopic (exact) mass is 413 g/mol. The number of benzene rings is 1. The minimum absolute atomic E-state index is 0.0122. The number of nitrogens with zero attached hydrogens (tertiary/aromatic N) is 5. The van der Waals surface area contributed by atoms with Crippen molar-refractivity contribution in [2.75, 3.05) is 0 Å². The number of aryl methyl sites for hydroxylation is 2. The molecule has 0 saturated carbocycles. The molecule has 0 unspecified atom stereocenters. The van der Waals surface area contributed by atoms with Gasteiger partial charge in [-0.3, -0.25) is 15.0 Å². The summed E-state index contributed by atoms with van der Waals surface area (Å²) in [4.78, 5) is 18.1. The summed E-state index contributed by atoms with van der Waals surface area (Å²) in [7, 11) is 0. The van der Waals surface area contributed by atoms with Crippen LogP contribution in [0.25, 0.3) is 33.1 Å². The van der Waals surface area contributed by atoms with Gasteiger partial charge in [-0.05, 0) is 55.9 Å². The Morgan fingerprint density at radius 3 is 2.77 bits per heavy atom. The lowest BCUT2D eigenvalue weighted by molar-refractivity contribution is 0.0982. The van der Waals surface area contributed by atoms with Crippen LogP contribution in [0.2, 0.25) is 0 Å². The molecule has 0 spiro atoms. The normalized spacial score (nSPS) is 13.7. The summed E-state index contributed by atoms with van der Waals surface area (Å²) in [6.45, 7) is 2.01. The maximum Gasteiger partial charge on any atom is 0.224 e. The van der Waals surface area contributed by atoms with E-state index in [9.17, 15) is 4.79 Å². The maximum absolute atomic E-state index is 13.1. The van der Waals surface area contributed by atoms with Crippen molar-refractivity contribution >= 4 is 27.6 Å². The summed E-state index contributed by atoms with van der Waals surface area (Å²) in [6, 6.07) is 3.93. The number of H-pyrrole nitrogens is 2. The average Bonchev–Trinajstić information content (AvgIpc) is 3.53. The number of ketones is 1. The molecule has 0 aliphatic heterocycles. The first-order chi connectivity index (χ1) is 15.2. The molecule has 4 heterocycles. The van der Waals surface area contributed by atoms with Crippen LogP contribution >= 0.6 is 0 Å². The van der Waals surface area contributed by atoms with Gasteiger partial charge in [-0.2, -0.15) is 10.2 Å². The smallest absolute Gasteiger partial charge is 0.224 e. The van der Waals surface area contributed by atoms with Gasteiger partial charge in [0.25, 0.3) is 0 Å². The van der Waals surface area contributed by atoms with Gasteiger partial charge in [-0.15, -0.1) is 10.2 Å². The molecule has 0 bridgehead atoms. The Kier molecular flexibility index (Phi) is 3.95. The zero-order chi connectivity index (χ0) is 20.9. The maximum atomic E-state index is 13.1. The van der Waals surface area contributed by atoms with Crippen molar-refractivity contribution in [1.29, 1.82) is 0 Å². The molecule has 5 aromatic rings. The van der Waals surface area contributed by atoms with Crippen molar-refractivity contribution < 1.29 is 9.21 Å². The highest BCUT2D eigenvalue weighted by atomic mass is 16.4. The quantitative estimate of drug-likeness (QED) is 0.432. The molecule has 6 rings (SSSR count). The fourth-order valence-electron chi connectivity index (χ4n) is 4.64. The second-order valence-electron chi connectivity index (χ2n) is 7.92. The summed E-state index contributed by atoms with van der Waals surface area (Å²) in [6.07, 6.45) is 7.20. The van der Waals surface area contributed by atoms with Crippen molar-refractivity contribution in [3.05, 3.63) is 53.1 Å². The van der Waals surface area contributed by atoms with E-state index in [1.807, 2.05) is 25.3 Å². The molecular formula is C22H19N7O2. The van der Waals surface area contributed by atoms with Crippen LogP contribution in [0, 0.1) is 6.92 Å². The van der Waals surface area contributed by atoms with E-state index in [0.29, 0.717) is 5.69 Å². The van der Waals surface area contributed by atoms with Crippen LogP contribution in [0.4, 0.5) is 0 Å². The molecule has 154 valence electrons. The number of carbonyl (C=O) groups is 1. The van der Waals surface area contributed by atoms with E-state index in [4.69, 9.17) is 9.40 Å². The minimum Gasteiger partial charge on any atom is -0.428 e. The zero-order valence-electron chi connectivity index (χ0n) is 16.9. The number of aromatic amines is 2. The van der Waals surface area contributed by atoms with E-state index in [1.54, 1.807) is 0 Å². The second-order valence-corrected chi connectivity index (χ2v) is 7.92. The zero-order valence-corrected chi connectivity index (χ0v) is 16.9. The van der Waals surface area contributed by atoms with Crippen LogP contribution in [0.3, 0.4) is 0 Å². The van der Waals surface area contributed by atoms with E-state index < -0.39 is 0 Å². The van der Waals surface area contributed by atoms with Gasteiger partial charge in [0.2, 0.25) is 12.3 Å². The average molecular weight is 413 g/mol. The molecular weight excluding hydrogens is 394 g/mol. The molecule has 0 amide bonds. The third-order valence-corrected chi connectivity index (χ3v) is 6.06. The number of rotatable bonds is 4. The lowest BCUT2D eigenvalue weighted by atomic mass is 9.85. The van der Waals surface area contributed by atoms with E-state index in [2.05, 4.69) is 30.6 Å². The number of carbonyl (C=O) groups excluding carboxylic acids is 1. The topological polar surface area (TPSA) is 126 Å². The standard InChI is InChI=1S/C22H19N7O2/c1-11-14(9-23-26-11)21-13-5-3-2-4-12(13)19-15(25-21)6-7-16-20(19)22(29-27-16)17(30)8-18-28-24-10-31-18/h6-7,9-10H,2-5,8H2,1H3,(H,23,26)(H,27,29). The molecule has 9 nitrogen and oxygen atoms in total. The van der Waals surface area contributed by atoms with E-state index in [1.165, 1.54) is 17.5 Å². The van der Waals surface area contributed by atoms with Crippen molar-refractivity contribution in [2.45, 2.75) is 39.0 Å². The molecule has 1 aliphatic rings. The van der Waals surface area contributed by atoms with Gasteiger partial charge < -0.3 is 4.42 Å². The largest absolute Gasteiger partial charge is 0.428 e. The molecule has 0 radical (unpaired) electrons. The van der Waals surface area contributed by atoms with Crippen LogP contribution in [-0.4, -0.2) is 41.4 Å². The molecule has 0 fully saturated rings. The van der Waals surface area contributed by atoms with Gasteiger partial charge in [0.15, 0.2) is 5.78 Å². The minimum atomic E-state index is -0.165. The van der Waals surface area contributed by atoms with E-state index in [0.717, 1.165) is 64.4 Å². The summed E-state index contributed by atoms with van der Waals surface area (Å²) in [5, 5.41) is 23.9. The number of hydrogen-bond acceptors (Lipinski definition) is 7. The fraction of sp³-hybridized carbons (Fsp3) is 0.273. The van der Waals surface area contributed by atoms with Gasteiger partial charge in [-0.1, -0.05) is 0 Å².